The molecule has 5 heteroatoms. The van der Waals surface area contributed by atoms with E-state index in [2.05, 4.69) is 15.9 Å². The fraction of sp³-hybridized carbons (Fsp3) is 0.333. The van der Waals surface area contributed by atoms with Crippen LogP contribution in [-0.2, 0) is 11.8 Å². The number of nitrogens with zero attached hydrogens (tertiary/aromatic N) is 1. The molecular weight excluding hydrogens is 250 g/mol. The molecule has 1 unspecified atom stereocenters. The van der Waals surface area contributed by atoms with Crippen molar-refractivity contribution in [2.24, 2.45) is 7.05 Å². The van der Waals surface area contributed by atoms with E-state index in [1.54, 1.807) is 20.0 Å². The molecule has 0 fully saturated rings. The van der Waals surface area contributed by atoms with Crippen molar-refractivity contribution in [1.29, 1.82) is 0 Å². The van der Waals surface area contributed by atoms with Gasteiger partial charge in [0.2, 0.25) is 0 Å². The predicted molar refractivity (Wildman–Crippen MR) is 55.4 cm³/mol. The van der Waals surface area contributed by atoms with Gasteiger partial charge in [-0.25, -0.2) is 0 Å². The quantitative estimate of drug-likeness (QED) is 0.872. The van der Waals surface area contributed by atoms with Gasteiger partial charge in [0, 0.05) is 23.3 Å². The molecule has 0 aliphatic rings. The Kier molecular flexibility index (Phi) is 3.10. The number of hydrogen-bond donors (Lipinski definition) is 1. The number of hydrogen-bond acceptors (Lipinski definition) is 2. The van der Waals surface area contributed by atoms with Gasteiger partial charge in [0.15, 0.2) is 0 Å². The topological polar surface area (TPSA) is 59.3 Å². The second kappa shape index (κ2) is 3.96. The van der Waals surface area contributed by atoms with Crippen LogP contribution < -0.4 is 5.56 Å². The van der Waals surface area contributed by atoms with Crippen LogP contribution in [0.15, 0.2) is 21.4 Å². The zero-order valence-corrected chi connectivity index (χ0v) is 9.41. The molecule has 0 bridgehead atoms. The second-order valence-corrected chi connectivity index (χ2v) is 3.88. The van der Waals surface area contributed by atoms with Gasteiger partial charge >= 0.3 is 5.97 Å². The number of halogens is 1. The maximum absolute atomic E-state index is 11.3. The van der Waals surface area contributed by atoms with E-state index in [4.69, 9.17) is 5.11 Å². The van der Waals surface area contributed by atoms with E-state index in [0.717, 1.165) is 0 Å². The molecule has 1 rings (SSSR count). The summed E-state index contributed by atoms with van der Waals surface area (Å²) in [5.41, 5.74) is 0.265. The van der Waals surface area contributed by atoms with Crippen molar-refractivity contribution in [2.75, 3.05) is 0 Å². The first kappa shape index (κ1) is 11.0. The fourth-order valence-corrected chi connectivity index (χ4v) is 1.98. The number of carbonyl (C=O) groups is 1. The van der Waals surface area contributed by atoms with Gasteiger partial charge < -0.3 is 9.67 Å². The number of carboxylic acid groups (broad SMARTS) is 1. The molecule has 0 radical (unpaired) electrons. The Labute approximate surface area is 89.3 Å². The molecule has 0 aromatic carbocycles. The summed E-state index contributed by atoms with van der Waals surface area (Å²) < 4.78 is 1.97. The molecular formula is C9H10BrNO3. The van der Waals surface area contributed by atoms with E-state index >= 15 is 0 Å². The third kappa shape index (κ3) is 1.87. The summed E-state index contributed by atoms with van der Waals surface area (Å²) in [6.07, 6.45) is 0. The van der Waals surface area contributed by atoms with E-state index < -0.39 is 11.9 Å². The highest BCUT2D eigenvalue weighted by atomic mass is 79.9. The summed E-state index contributed by atoms with van der Waals surface area (Å²) in [5, 5.41) is 8.84. The summed E-state index contributed by atoms with van der Waals surface area (Å²) in [7, 11) is 1.56. The van der Waals surface area contributed by atoms with Crippen LogP contribution in [0.5, 0.6) is 0 Å². The minimum Gasteiger partial charge on any atom is -0.481 e. The van der Waals surface area contributed by atoms with E-state index in [-0.39, 0.29) is 5.56 Å². The summed E-state index contributed by atoms with van der Waals surface area (Å²) in [4.78, 5) is 22.0. The van der Waals surface area contributed by atoms with Gasteiger partial charge in [0.05, 0.1) is 5.92 Å². The highest BCUT2D eigenvalue weighted by molar-refractivity contribution is 9.10. The summed E-state index contributed by atoms with van der Waals surface area (Å²) in [6, 6.07) is 2.96. The van der Waals surface area contributed by atoms with E-state index in [1.807, 2.05) is 0 Å². The third-order valence-corrected chi connectivity index (χ3v) is 2.76. The van der Waals surface area contributed by atoms with Gasteiger partial charge in [-0.2, -0.15) is 0 Å². The number of aliphatic carboxylic acids is 1. The first-order valence-corrected chi connectivity index (χ1v) is 4.82. The van der Waals surface area contributed by atoms with Crippen LogP contribution in [0.1, 0.15) is 18.5 Å². The zero-order chi connectivity index (χ0) is 10.9. The SMILES string of the molecule is CC(C(=O)O)c1c(Br)ccc(=O)n1C. The van der Waals surface area contributed by atoms with Gasteiger partial charge in [-0.05, 0) is 28.9 Å². The maximum Gasteiger partial charge on any atom is 0.312 e. The molecule has 0 amide bonds. The Balaban J connectivity index is 3.39. The van der Waals surface area contributed by atoms with Crippen LogP contribution in [0, 0.1) is 0 Å². The van der Waals surface area contributed by atoms with Crippen LogP contribution in [0.25, 0.3) is 0 Å². The van der Waals surface area contributed by atoms with Crippen LogP contribution in [0.2, 0.25) is 0 Å². The van der Waals surface area contributed by atoms with Gasteiger partial charge in [0.25, 0.3) is 5.56 Å². The molecule has 1 N–H and O–H groups in total. The van der Waals surface area contributed by atoms with Crippen LogP contribution in [0.4, 0.5) is 0 Å². The molecule has 14 heavy (non-hydrogen) atoms. The second-order valence-electron chi connectivity index (χ2n) is 3.02. The number of rotatable bonds is 2. The molecule has 0 saturated heterocycles. The molecule has 0 aliphatic heterocycles. The molecule has 0 aliphatic carbocycles. The number of aromatic nitrogens is 1. The molecule has 1 atom stereocenters. The highest BCUT2D eigenvalue weighted by Crippen LogP contribution is 2.22. The van der Waals surface area contributed by atoms with E-state index in [1.165, 1.54) is 10.6 Å². The lowest BCUT2D eigenvalue weighted by atomic mass is 10.1. The first-order valence-electron chi connectivity index (χ1n) is 4.03. The Hall–Kier alpha value is -1.10. The largest absolute Gasteiger partial charge is 0.481 e. The average Bonchev–Trinajstić information content (AvgIpc) is 2.12. The monoisotopic (exact) mass is 259 g/mol. The van der Waals surface area contributed by atoms with Crippen molar-refractivity contribution in [3.05, 3.63) is 32.7 Å². The Morgan fingerprint density at radius 3 is 2.64 bits per heavy atom. The molecule has 0 saturated carbocycles. The molecule has 1 aromatic rings. The van der Waals surface area contributed by atoms with Crippen molar-refractivity contribution in [3.8, 4) is 0 Å². The number of carboxylic acids is 1. The third-order valence-electron chi connectivity index (χ3n) is 2.09. The first-order chi connectivity index (χ1) is 6.45. The van der Waals surface area contributed by atoms with Crippen molar-refractivity contribution < 1.29 is 9.90 Å². The van der Waals surface area contributed by atoms with Crippen LogP contribution >= 0.6 is 15.9 Å². The van der Waals surface area contributed by atoms with E-state index in [0.29, 0.717) is 10.2 Å². The minimum atomic E-state index is -0.952. The van der Waals surface area contributed by atoms with Gasteiger partial charge in [-0.1, -0.05) is 0 Å². The molecule has 0 spiro atoms. The van der Waals surface area contributed by atoms with Crippen LogP contribution in [-0.4, -0.2) is 15.6 Å². The smallest absolute Gasteiger partial charge is 0.312 e. The lowest BCUT2D eigenvalue weighted by Crippen LogP contribution is -2.23. The van der Waals surface area contributed by atoms with Gasteiger partial charge in [-0.15, -0.1) is 0 Å². The van der Waals surface area contributed by atoms with Crippen LogP contribution in [0.3, 0.4) is 0 Å². The maximum atomic E-state index is 11.3. The summed E-state index contributed by atoms with van der Waals surface area (Å²) >= 11 is 3.23. The highest BCUT2D eigenvalue weighted by Gasteiger charge is 2.19. The average molecular weight is 260 g/mol. The Morgan fingerprint density at radius 1 is 1.57 bits per heavy atom. The van der Waals surface area contributed by atoms with Crippen molar-refractivity contribution in [1.82, 2.24) is 4.57 Å². The van der Waals surface area contributed by atoms with Gasteiger partial charge in [0.1, 0.15) is 0 Å². The fourth-order valence-electron chi connectivity index (χ4n) is 1.23. The predicted octanol–water partition coefficient (Wildman–Crippen LogP) is 1.34. The normalized spacial score (nSPS) is 12.5. The van der Waals surface area contributed by atoms with Gasteiger partial charge in [-0.3, -0.25) is 9.59 Å². The Bertz CT molecular complexity index is 425. The lowest BCUT2D eigenvalue weighted by molar-refractivity contribution is -0.138. The number of pyridine rings is 1. The summed E-state index contributed by atoms with van der Waals surface area (Å²) in [6.45, 7) is 1.54. The molecule has 1 heterocycles. The zero-order valence-electron chi connectivity index (χ0n) is 7.82. The minimum absolute atomic E-state index is 0.212. The van der Waals surface area contributed by atoms with Crippen molar-refractivity contribution >= 4 is 21.9 Å². The van der Waals surface area contributed by atoms with Crippen molar-refractivity contribution in [3.63, 3.8) is 0 Å². The molecule has 1 aromatic heterocycles. The summed E-state index contributed by atoms with van der Waals surface area (Å²) in [5.74, 6) is -1.66. The molecule has 76 valence electrons. The van der Waals surface area contributed by atoms with Crippen molar-refractivity contribution in [2.45, 2.75) is 12.8 Å². The lowest BCUT2D eigenvalue weighted by Gasteiger charge is -2.13. The standard InChI is InChI=1S/C9H10BrNO3/c1-5(9(13)14)8-6(10)3-4-7(12)11(8)2/h3-5H,1-2H3,(H,13,14). The van der Waals surface area contributed by atoms with E-state index in [9.17, 15) is 9.59 Å². The molecule has 4 nitrogen and oxygen atoms in total. The Morgan fingerprint density at radius 2 is 2.14 bits per heavy atom.